The van der Waals surface area contributed by atoms with Gasteiger partial charge in [-0.1, -0.05) is 15.9 Å². The predicted molar refractivity (Wildman–Crippen MR) is 60.6 cm³/mol. The summed E-state index contributed by atoms with van der Waals surface area (Å²) < 4.78 is 1.08. The summed E-state index contributed by atoms with van der Waals surface area (Å²) in [7, 11) is 0. The van der Waals surface area contributed by atoms with Crippen molar-refractivity contribution >= 4 is 27.5 Å². The maximum absolute atomic E-state index is 5.54. The van der Waals surface area contributed by atoms with Crippen LogP contribution in [-0.4, -0.2) is 5.84 Å². The van der Waals surface area contributed by atoms with E-state index >= 15 is 0 Å². The topological polar surface area (TPSA) is 38.4 Å². The van der Waals surface area contributed by atoms with Crippen molar-refractivity contribution in [2.75, 3.05) is 0 Å². The number of hydrogen-bond acceptors (Lipinski definition) is 1. The molecule has 13 heavy (non-hydrogen) atoms. The fourth-order valence-corrected chi connectivity index (χ4v) is 1.94. The molecule has 1 aromatic rings. The zero-order chi connectivity index (χ0) is 10.0. The molecular weight excluding hydrogens is 228 g/mol. The average molecular weight is 241 g/mol. The number of nitrogens with zero attached hydrogens (tertiary/aromatic N) is 1. The molecular formula is C10H13BrN2. The third-order valence-corrected chi connectivity index (χ3v) is 2.20. The Morgan fingerprint density at radius 1 is 1.31 bits per heavy atom. The smallest absolute Gasteiger partial charge is 0.0965 e. The fraction of sp³-hybridized carbons (Fsp3) is 0.300. The molecule has 0 aliphatic carbocycles. The molecule has 1 rings (SSSR count). The third kappa shape index (κ3) is 2.56. The predicted octanol–water partition coefficient (Wildman–Crippen LogP) is 3.07. The maximum Gasteiger partial charge on any atom is 0.0965 e. The number of aryl methyl sites for hydroxylation is 2. The molecule has 0 radical (unpaired) electrons. The Morgan fingerprint density at radius 2 is 1.77 bits per heavy atom. The second-order valence-corrected chi connectivity index (χ2v) is 4.06. The van der Waals surface area contributed by atoms with Crippen LogP contribution in [0.5, 0.6) is 0 Å². The van der Waals surface area contributed by atoms with Crippen molar-refractivity contribution in [2.45, 2.75) is 20.8 Å². The number of aliphatic imine (C=N–C) groups is 1. The molecule has 0 heterocycles. The molecule has 0 saturated heterocycles. The molecule has 2 nitrogen and oxygen atoms in total. The van der Waals surface area contributed by atoms with Crippen molar-refractivity contribution in [3.63, 3.8) is 0 Å². The molecule has 0 bridgehead atoms. The Bertz CT molecular complexity index is 329. The molecule has 0 atom stereocenters. The molecule has 0 aromatic heterocycles. The molecule has 1 aromatic carbocycles. The monoisotopic (exact) mass is 240 g/mol. The lowest BCUT2D eigenvalue weighted by Crippen LogP contribution is -2.04. The normalized spacial score (nSPS) is 11.8. The van der Waals surface area contributed by atoms with Crippen LogP contribution in [0.15, 0.2) is 21.6 Å². The zero-order valence-electron chi connectivity index (χ0n) is 8.06. The van der Waals surface area contributed by atoms with Crippen LogP contribution >= 0.6 is 15.9 Å². The first-order chi connectivity index (χ1) is 6.00. The van der Waals surface area contributed by atoms with E-state index < -0.39 is 0 Å². The van der Waals surface area contributed by atoms with Gasteiger partial charge in [-0.3, -0.25) is 0 Å². The van der Waals surface area contributed by atoms with Crippen molar-refractivity contribution in [3.8, 4) is 0 Å². The van der Waals surface area contributed by atoms with Gasteiger partial charge in [-0.2, -0.15) is 0 Å². The molecule has 0 saturated carbocycles. The lowest BCUT2D eigenvalue weighted by Gasteiger charge is -2.05. The van der Waals surface area contributed by atoms with Gasteiger partial charge < -0.3 is 5.73 Å². The lowest BCUT2D eigenvalue weighted by molar-refractivity contribution is 1.30. The van der Waals surface area contributed by atoms with Crippen molar-refractivity contribution in [1.29, 1.82) is 0 Å². The van der Waals surface area contributed by atoms with Gasteiger partial charge in [-0.05, 0) is 44.0 Å². The van der Waals surface area contributed by atoms with Crippen LogP contribution in [0.25, 0.3) is 0 Å². The van der Waals surface area contributed by atoms with E-state index in [2.05, 4.69) is 20.9 Å². The van der Waals surface area contributed by atoms with Gasteiger partial charge in [0.05, 0.1) is 11.5 Å². The van der Waals surface area contributed by atoms with Gasteiger partial charge in [0.2, 0.25) is 0 Å². The van der Waals surface area contributed by atoms with E-state index in [9.17, 15) is 0 Å². The van der Waals surface area contributed by atoms with Crippen molar-refractivity contribution < 1.29 is 0 Å². The quantitative estimate of drug-likeness (QED) is 0.595. The minimum atomic E-state index is 0.591. The zero-order valence-corrected chi connectivity index (χ0v) is 9.64. The first-order valence-electron chi connectivity index (χ1n) is 4.08. The third-order valence-electron chi connectivity index (χ3n) is 1.74. The Kier molecular flexibility index (Phi) is 3.09. The highest BCUT2D eigenvalue weighted by molar-refractivity contribution is 9.10. The number of rotatable bonds is 1. The van der Waals surface area contributed by atoms with Crippen LogP contribution in [0.4, 0.5) is 5.69 Å². The second kappa shape index (κ2) is 3.92. The van der Waals surface area contributed by atoms with E-state index in [4.69, 9.17) is 5.73 Å². The first-order valence-corrected chi connectivity index (χ1v) is 4.87. The molecule has 0 amide bonds. The number of nitrogens with two attached hydrogens (primary N) is 1. The summed E-state index contributed by atoms with van der Waals surface area (Å²) in [5.74, 6) is 0.591. The van der Waals surface area contributed by atoms with Gasteiger partial charge in [0.1, 0.15) is 0 Å². The SMILES string of the molecule is CC(N)=Nc1c(C)cc(Br)cc1C. The second-order valence-electron chi connectivity index (χ2n) is 3.14. The summed E-state index contributed by atoms with van der Waals surface area (Å²) >= 11 is 3.43. The Morgan fingerprint density at radius 3 is 2.15 bits per heavy atom. The number of hydrogen-bond donors (Lipinski definition) is 1. The standard InChI is InChI=1S/C10H13BrN2/c1-6-4-9(11)5-7(2)10(6)13-8(3)12/h4-5H,1-3H3,(H2,12,13). The number of benzene rings is 1. The summed E-state index contributed by atoms with van der Waals surface area (Å²) in [4.78, 5) is 4.27. The summed E-state index contributed by atoms with van der Waals surface area (Å²) in [6.07, 6.45) is 0. The highest BCUT2D eigenvalue weighted by Gasteiger charge is 2.02. The van der Waals surface area contributed by atoms with E-state index in [1.165, 1.54) is 0 Å². The van der Waals surface area contributed by atoms with Gasteiger partial charge in [0.25, 0.3) is 0 Å². The molecule has 2 N–H and O–H groups in total. The molecule has 0 unspecified atom stereocenters. The lowest BCUT2D eigenvalue weighted by atomic mass is 10.1. The molecule has 3 heteroatoms. The Hall–Kier alpha value is -0.830. The van der Waals surface area contributed by atoms with Crippen molar-refractivity contribution in [3.05, 3.63) is 27.7 Å². The fourth-order valence-electron chi connectivity index (χ4n) is 1.26. The van der Waals surface area contributed by atoms with Crippen LogP contribution < -0.4 is 5.73 Å². The van der Waals surface area contributed by atoms with E-state index in [0.717, 1.165) is 21.3 Å². The summed E-state index contributed by atoms with van der Waals surface area (Å²) in [6, 6.07) is 4.07. The summed E-state index contributed by atoms with van der Waals surface area (Å²) in [6.45, 7) is 5.85. The molecule has 0 aliphatic heterocycles. The van der Waals surface area contributed by atoms with Gasteiger partial charge in [0, 0.05) is 4.47 Å². The average Bonchev–Trinajstić information content (AvgIpc) is 1.96. The molecule has 0 aliphatic rings. The van der Waals surface area contributed by atoms with Gasteiger partial charge in [-0.15, -0.1) is 0 Å². The Labute approximate surface area is 87.0 Å². The van der Waals surface area contributed by atoms with Gasteiger partial charge in [-0.25, -0.2) is 4.99 Å². The van der Waals surface area contributed by atoms with Crippen LogP contribution in [0, 0.1) is 13.8 Å². The maximum atomic E-state index is 5.54. The minimum Gasteiger partial charge on any atom is -0.387 e. The van der Waals surface area contributed by atoms with E-state index in [1.54, 1.807) is 6.92 Å². The first kappa shape index (κ1) is 10.3. The van der Waals surface area contributed by atoms with Crippen molar-refractivity contribution in [2.24, 2.45) is 10.7 Å². The summed E-state index contributed by atoms with van der Waals surface area (Å²) in [5, 5.41) is 0. The molecule has 0 spiro atoms. The molecule has 0 fully saturated rings. The minimum absolute atomic E-state index is 0.591. The largest absolute Gasteiger partial charge is 0.387 e. The van der Waals surface area contributed by atoms with Crippen LogP contribution in [0.3, 0.4) is 0 Å². The van der Waals surface area contributed by atoms with E-state index in [-0.39, 0.29) is 0 Å². The number of amidine groups is 1. The van der Waals surface area contributed by atoms with E-state index in [0.29, 0.717) is 5.84 Å². The Balaban J connectivity index is 3.29. The van der Waals surface area contributed by atoms with Crippen LogP contribution in [0.2, 0.25) is 0 Å². The van der Waals surface area contributed by atoms with E-state index in [1.807, 2.05) is 26.0 Å². The van der Waals surface area contributed by atoms with Crippen molar-refractivity contribution in [1.82, 2.24) is 0 Å². The highest BCUT2D eigenvalue weighted by Crippen LogP contribution is 2.27. The van der Waals surface area contributed by atoms with Gasteiger partial charge >= 0.3 is 0 Å². The highest BCUT2D eigenvalue weighted by atomic mass is 79.9. The summed E-state index contributed by atoms with van der Waals surface area (Å²) in [5.41, 5.74) is 8.79. The van der Waals surface area contributed by atoms with Crippen LogP contribution in [-0.2, 0) is 0 Å². The van der Waals surface area contributed by atoms with Crippen LogP contribution in [0.1, 0.15) is 18.1 Å². The number of halogens is 1. The molecule has 70 valence electrons. The van der Waals surface area contributed by atoms with Gasteiger partial charge in [0.15, 0.2) is 0 Å².